The first-order valence-corrected chi connectivity index (χ1v) is 11.3. The molecule has 2 aromatic carbocycles. The Morgan fingerprint density at radius 3 is 2.74 bits per heavy atom. The quantitative estimate of drug-likeness (QED) is 0.537. The highest BCUT2D eigenvalue weighted by molar-refractivity contribution is 7.93. The zero-order chi connectivity index (χ0) is 22.2. The first-order chi connectivity index (χ1) is 14.9. The predicted molar refractivity (Wildman–Crippen MR) is 114 cm³/mol. The monoisotopic (exact) mass is 442 g/mol. The minimum Gasteiger partial charge on any atom is -0.495 e. The molecule has 0 radical (unpaired) electrons. The van der Waals surface area contributed by atoms with Crippen molar-refractivity contribution in [1.29, 1.82) is 0 Å². The number of sulfonamides is 1. The number of fused-ring (bicyclic) bond motifs is 1. The van der Waals surface area contributed by atoms with E-state index in [1.165, 1.54) is 23.5 Å². The maximum absolute atomic E-state index is 13.7. The van der Waals surface area contributed by atoms with Gasteiger partial charge >= 0.3 is 5.97 Å². The lowest BCUT2D eigenvalue weighted by molar-refractivity contribution is 0.0514. The largest absolute Gasteiger partial charge is 0.495 e. The maximum atomic E-state index is 13.7. The zero-order valence-electron chi connectivity index (χ0n) is 17.4. The van der Waals surface area contributed by atoms with E-state index in [-0.39, 0.29) is 34.7 Å². The Morgan fingerprint density at radius 1 is 1.23 bits per heavy atom. The lowest BCUT2D eigenvalue weighted by Gasteiger charge is -2.25. The molecule has 8 nitrogen and oxygen atoms in total. The molecule has 0 fully saturated rings. The highest BCUT2D eigenvalue weighted by Crippen LogP contribution is 2.40. The third-order valence-corrected chi connectivity index (χ3v) is 7.07. The van der Waals surface area contributed by atoms with Gasteiger partial charge in [0.2, 0.25) is 0 Å². The van der Waals surface area contributed by atoms with Gasteiger partial charge in [-0.2, -0.15) is 0 Å². The number of methoxy groups -OCH3 is 1. The van der Waals surface area contributed by atoms with Gasteiger partial charge in [-0.15, -0.1) is 0 Å². The van der Waals surface area contributed by atoms with Gasteiger partial charge in [0.25, 0.3) is 10.0 Å². The van der Waals surface area contributed by atoms with E-state index in [2.05, 4.69) is 5.16 Å². The number of para-hydroxylation sites is 1. The Balaban J connectivity index is 1.78. The number of carbonyl (C=O) groups is 1. The second-order valence-electron chi connectivity index (χ2n) is 7.15. The summed E-state index contributed by atoms with van der Waals surface area (Å²) in [6.07, 6.45) is 0.627. The SMILES string of the molecule is CCOC(=O)c1cc(-c2ccc(OC)c(S(=O)(=O)N3c4ccccc4C[C@@H]3C)c2)on1. The number of esters is 1. The summed E-state index contributed by atoms with van der Waals surface area (Å²) in [7, 11) is -2.52. The summed E-state index contributed by atoms with van der Waals surface area (Å²) in [5, 5.41) is 3.72. The Morgan fingerprint density at radius 2 is 2.00 bits per heavy atom. The molecule has 0 saturated heterocycles. The van der Waals surface area contributed by atoms with Crippen LogP contribution in [0.25, 0.3) is 11.3 Å². The van der Waals surface area contributed by atoms with E-state index in [4.69, 9.17) is 14.0 Å². The standard InChI is InChI=1S/C22H22N2O6S/c1-4-29-22(25)17-13-20(30-23-17)16-9-10-19(28-3)21(12-16)31(26,27)24-14(2)11-15-7-5-6-8-18(15)24/h5-10,12-14H,4,11H2,1-3H3/t14-/m0/s1. The molecule has 1 aromatic heterocycles. The molecule has 3 aromatic rings. The summed E-state index contributed by atoms with van der Waals surface area (Å²) in [6.45, 7) is 3.77. The van der Waals surface area contributed by atoms with Gasteiger partial charge in [-0.3, -0.25) is 4.31 Å². The van der Waals surface area contributed by atoms with Crippen molar-refractivity contribution in [3.8, 4) is 17.1 Å². The maximum Gasteiger partial charge on any atom is 0.360 e. The van der Waals surface area contributed by atoms with Crippen LogP contribution in [0.15, 0.2) is 57.9 Å². The fourth-order valence-electron chi connectivity index (χ4n) is 3.75. The van der Waals surface area contributed by atoms with Gasteiger partial charge in [0.05, 0.1) is 19.4 Å². The van der Waals surface area contributed by atoms with Crippen LogP contribution in [-0.2, 0) is 21.2 Å². The Kier molecular flexibility index (Phi) is 5.45. The zero-order valence-corrected chi connectivity index (χ0v) is 18.2. The number of aromatic nitrogens is 1. The van der Waals surface area contributed by atoms with E-state index < -0.39 is 16.0 Å². The smallest absolute Gasteiger partial charge is 0.360 e. The van der Waals surface area contributed by atoms with Crippen molar-refractivity contribution in [2.75, 3.05) is 18.0 Å². The molecule has 31 heavy (non-hydrogen) atoms. The van der Waals surface area contributed by atoms with Crippen LogP contribution in [0.2, 0.25) is 0 Å². The summed E-state index contributed by atoms with van der Waals surface area (Å²) in [6, 6.07) is 13.3. The van der Waals surface area contributed by atoms with Crippen molar-refractivity contribution in [3.63, 3.8) is 0 Å². The average Bonchev–Trinajstić information content (AvgIpc) is 3.37. The minimum atomic E-state index is -3.94. The number of anilines is 1. The number of ether oxygens (including phenoxy) is 2. The summed E-state index contributed by atoms with van der Waals surface area (Å²) in [4.78, 5) is 11.9. The van der Waals surface area contributed by atoms with Crippen LogP contribution in [0.1, 0.15) is 29.9 Å². The molecular weight excluding hydrogens is 420 g/mol. The van der Waals surface area contributed by atoms with Crippen LogP contribution >= 0.6 is 0 Å². The fourth-order valence-corrected chi connectivity index (χ4v) is 5.63. The topological polar surface area (TPSA) is 98.9 Å². The van der Waals surface area contributed by atoms with Crippen molar-refractivity contribution >= 4 is 21.7 Å². The first kappa shape index (κ1) is 20.9. The van der Waals surface area contributed by atoms with Crippen LogP contribution in [0, 0.1) is 0 Å². The van der Waals surface area contributed by atoms with Crippen molar-refractivity contribution in [2.24, 2.45) is 0 Å². The molecule has 0 N–H and O–H groups in total. The number of benzene rings is 2. The second kappa shape index (κ2) is 8.07. The van der Waals surface area contributed by atoms with Crippen LogP contribution in [-0.4, -0.2) is 39.3 Å². The molecule has 0 amide bonds. The van der Waals surface area contributed by atoms with Gasteiger partial charge in [-0.1, -0.05) is 23.4 Å². The van der Waals surface area contributed by atoms with Gasteiger partial charge in [0.15, 0.2) is 11.5 Å². The van der Waals surface area contributed by atoms with Crippen molar-refractivity contribution in [1.82, 2.24) is 5.16 Å². The van der Waals surface area contributed by atoms with Gasteiger partial charge in [0.1, 0.15) is 10.6 Å². The van der Waals surface area contributed by atoms with Gasteiger partial charge in [-0.25, -0.2) is 13.2 Å². The Bertz CT molecular complexity index is 1230. The number of carbonyl (C=O) groups excluding carboxylic acids is 1. The normalized spacial score (nSPS) is 15.6. The lowest BCUT2D eigenvalue weighted by Crippen LogP contribution is -2.35. The number of hydrogen-bond acceptors (Lipinski definition) is 7. The molecule has 162 valence electrons. The molecule has 0 unspecified atom stereocenters. The van der Waals surface area contributed by atoms with E-state index in [0.29, 0.717) is 17.7 Å². The Labute approximate surface area is 180 Å². The van der Waals surface area contributed by atoms with E-state index in [9.17, 15) is 13.2 Å². The fraction of sp³-hybridized carbons (Fsp3) is 0.273. The number of hydrogen-bond donors (Lipinski definition) is 0. The first-order valence-electron chi connectivity index (χ1n) is 9.81. The highest BCUT2D eigenvalue weighted by atomic mass is 32.2. The van der Waals surface area contributed by atoms with Crippen molar-refractivity contribution in [3.05, 3.63) is 59.8 Å². The van der Waals surface area contributed by atoms with Gasteiger partial charge in [0, 0.05) is 17.7 Å². The van der Waals surface area contributed by atoms with Crippen molar-refractivity contribution in [2.45, 2.75) is 31.2 Å². The molecule has 2 heterocycles. The highest BCUT2D eigenvalue weighted by Gasteiger charge is 2.37. The van der Waals surface area contributed by atoms with E-state index in [0.717, 1.165) is 5.56 Å². The molecular formula is C22H22N2O6S. The van der Waals surface area contributed by atoms with E-state index >= 15 is 0 Å². The lowest BCUT2D eigenvalue weighted by atomic mass is 10.1. The summed E-state index contributed by atoms with van der Waals surface area (Å²) < 4.78 is 44.4. The summed E-state index contributed by atoms with van der Waals surface area (Å²) in [5.41, 5.74) is 2.09. The minimum absolute atomic E-state index is 0.00476. The molecule has 0 saturated carbocycles. The molecule has 1 atom stereocenters. The van der Waals surface area contributed by atoms with Crippen LogP contribution in [0.4, 0.5) is 5.69 Å². The molecule has 1 aliphatic heterocycles. The molecule has 4 rings (SSSR count). The van der Waals surface area contributed by atoms with Gasteiger partial charge < -0.3 is 14.0 Å². The number of nitrogens with zero attached hydrogens (tertiary/aromatic N) is 2. The van der Waals surface area contributed by atoms with Crippen LogP contribution in [0.5, 0.6) is 5.75 Å². The van der Waals surface area contributed by atoms with Gasteiger partial charge in [-0.05, 0) is 50.1 Å². The molecule has 1 aliphatic rings. The predicted octanol–water partition coefficient (Wildman–Crippen LogP) is 3.67. The van der Waals surface area contributed by atoms with E-state index in [1.807, 2.05) is 25.1 Å². The second-order valence-corrected chi connectivity index (χ2v) is 8.93. The van der Waals surface area contributed by atoms with Crippen LogP contribution < -0.4 is 9.04 Å². The molecule has 9 heteroatoms. The molecule has 0 bridgehead atoms. The molecule has 0 aliphatic carbocycles. The third kappa shape index (κ3) is 3.65. The van der Waals surface area contributed by atoms with Crippen molar-refractivity contribution < 1.29 is 27.2 Å². The summed E-state index contributed by atoms with van der Waals surface area (Å²) >= 11 is 0. The third-order valence-electron chi connectivity index (χ3n) is 5.12. The average molecular weight is 442 g/mol. The van der Waals surface area contributed by atoms with E-state index in [1.54, 1.807) is 25.1 Å². The Hall–Kier alpha value is -3.33. The number of rotatable bonds is 6. The van der Waals surface area contributed by atoms with Crippen LogP contribution in [0.3, 0.4) is 0 Å². The molecule has 0 spiro atoms. The summed E-state index contributed by atoms with van der Waals surface area (Å²) in [5.74, 6) is -0.149.